The van der Waals surface area contributed by atoms with Gasteiger partial charge in [-0.05, 0) is 61.4 Å². The first-order chi connectivity index (χ1) is 12.9. The number of aromatic nitrogens is 1. The Balaban J connectivity index is 1.63. The molecule has 0 saturated carbocycles. The van der Waals surface area contributed by atoms with Crippen molar-refractivity contribution in [3.8, 4) is 5.75 Å². The second-order valence-corrected chi connectivity index (χ2v) is 6.68. The molecular weight excluding hydrogens is 372 g/mol. The Bertz CT molecular complexity index is 942. The quantitative estimate of drug-likeness (QED) is 0.596. The van der Waals surface area contributed by atoms with Crippen LogP contribution in [0.4, 0.5) is 25.3 Å². The number of aryl methyl sites for hydroxylation is 2. The maximum atomic E-state index is 12.3. The first-order valence-electron chi connectivity index (χ1n) is 8.07. The number of rotatable bonds is 6. The van der Waals surface area contributed by atoms with Crippen molar-refractivity contribution in [3.63, 3.8) is 0 Å². The van der Waals surface area contributed by atoms with Gasteiger partial charge in [-0.15, -0.1) is 11.3 Å². The van der Waals surface area contributed by atoms with Crippen molar-refractivity contribution >= 4 is 33.8 Å². The minimum Gasteiger partial charge on any atom is -0.435 e. The van der Waals surface area contributed by atoms with Crippen LogP contribution in [0.2, 0.25) is 0 Å². The van der Waals surface area contributed by atoms with Crippen LogP contribution < -0.4 is 15.4 Å². The van der Waals surface area contributed by atoms with Gasteiger partial charge in [0.15, 0.2) is 5.13 Å². The molecule has 3 rings (SSSR count). The number of carbonyl (C=O) groups is 1. The standard InChI is InChI=1S/C19H17F2N3O2S/c1-11-3-4-14(9-12(11)2)22-17(25)16-10-27-19(24-16)23-13-5-7-15(8-6-13)26-18(20)21/h3-10,18H,1-2H3,(H,22,25)(H,23,24). The molecule has 0 bridgehead atoms. The molecule has 0 atom stereocenters. The molecule has 1 amide bonds. The van der Waals surface area contributed by atoms with Gasteiger partial charge in [-0.3, -0.25) is 4.79 Å². The van der Waals surface area contributed by atoms with Crippen LogP contribution in [0.1, 0.15) is 21.6 Å². The fourth-order valence-electron chi connectivity index (χ4n) is 2.29. The van der Waals surface area contributed by atoms with E-state index in [1.807, 2.05) is 32.0 Å². The van der Waals surface area contributed by atoms with Crippen LogP contribution >= 0.6 is 11.3 Å². The van der Waals surface area contributed by atoms with E-state index in [1.54, 1.807) is 17.5 Å². The van der Waals surface area contributed by atoms with Crippen molar-refractivity contribution in [1.29, 1.82) is 0 Å². The fourth-order valence-corrected chi connectivity index (χ4v) is 3.00. The molecular formula is C19H17F2N3O2S. The lowest BCUT2D eigenvalue weighted by atomic mass is 10.1. The molecule has 2 aromatic carbocycles. The summed E-state index contributed by atoms with van der Waals surface area (Å²) in [7, 11) is 0. The van der Waals surface area contributed by atoms with E-state index in [4.69, 9.17) is 0 Å². The summed E-state index contributed by atoms with van der Waals surface area (Å²) < 4.78 is 28.6. The van der Waals surface area contributed by atoms with Crippen LogP contribution in [-0.4, -0.2) is 17.5 Å². The van der Waals surface area contributed by atoms with Crippen molar-refractivity contribution in [1.82, 2.24) is 4.98 Å². The van der Waals surface area contributed by atoms with Gasteiger partial charge in [0.25, 0.3) is 5.91 Å². The van der Waals surface area contributed by atoms with Crippen molar-refractivity contribution in [3.05, 3.63) is 64.7 Å². The van der Waals surface area contributed by atoms with E-state index in [9.17, 15) is 13.6 Å². The predicted octanol–water partition coefficient (Wildman–Crippen LogP) is 5.36. The molecule has 2 N–H and O–H groups in total. The summed E-state index contributed by atoms with van der Waals surface area (Å²) in [6.07, 6.45) is 0. The van der Waals surface area contributed by atoms with Crippen molar-refractivity contribution in [2.75, 3.05) is 10.6 Å². The average Bonchev–Trinajstić information content (AvgIpc) is 3.08. The predicted molar refractivity (Wildman–Crippen MR) is 102 cm³/mol. The number of hydrogen-bond donors (Lipinski definition) is 2. The van der Waals surface area contributed by atoms with E-state index in [2.05, 4.69) is 20.4 Å². The molecule has 0 fully saturated rings. The topological polar surface area (TPSA) is 63.2 Å². The molecule has 27 heavy (non-hydrogen) atoms. The van der Waals surface area contributed by atoms with Gasteiger partial charge in [0.1, 0.15) is 11.4 Å². The SMILES string of the molecule is Cc1ccc(NC(=O)c2csc(Nc3ccc(OC(F)F)cc3)n2)cc1C. The molecule has 5 nitrogen and oxygen atoms in total. The molecule has 0 unspecified atom stereocenters. The summed E-state index contributed by atoms with van der Waals surface area (Å²) in [4.78, 5) is 16.6. The number of nitrogens with one attached hydrogen (secondary N) is 2. The zero-order chi connectivity index (χ0) is 19.4. The maximum absolute atomic E-state index is 12.3. The van der Waals surface area contributed by atoms with Crippen molar-refractivity contribution in [2.45, 2.75) is 20.5 Å². The molecule has 1 heterocycles. The minimum absolute atomic E-state index is 0.0724. The highest BCUT2D eigenvalue weighted by atomic mass is 32.1. The van der Waals surface area contributed by atoms with E-state index in [1.165, 1.54) is 23.5 Å². The lowest BCUT2D eigenvalue weighted by molar-refractivity contribution is -0.0498. The number of thiazole rings is 1. The second-order valence-electron chi connectivity index (χ2n) is 5.82. The fraction of sp³-hybridized carbons (Fsp3) is 0.158. The second kappa shape index (κ2) is 8.13. The van der Waals surface area contributed by atoms with Crippen LogP contribution in [-0.2, 0) is 0 Å². The van der Waals surface area contributed by atoms with Gasteiger partial charge in [-0.2, -0.15) is 8.78 Å². The molecule has 1 aromatic heterocycles. The van der Waals surface area contributed by atoms with E-state index >= 15 is 0 Å². The third-order valence-electron chi connectivity index (χ3n) is 3.83. The van der Waals surface area contributed by atoms with Crippen LogP contribution in [0.25, 0.3) is 0 Å². The van der Waals surface area contributed by atoms with Gasteiger partial charge in [0.05, 0.1) is 0 Å². The lowest BCUT2D eigenvalue weighted by Crippen LogP contribution is -2.12. The third-order valence-corrected chi connectivity index (χ3v) is 4.59. The summed E-state index contributed by atoms with van der Waals surface area (Å²) in [6.45, 7) is 1.13. The van der Waals surface area contributed by atoms with Gasteiger partial charge >= 0.3 is 6.61 Å². The highest BCUT2D eigenvalue weighted by molar-refractivity contribution is 7.14. The monoisotopic (exact) mass is 389 g/mol. The molecule has 0 saturated heterocycles. The molecule has 0 aliphatic carbocycles. The Morgan fingerprint density at radius 3 is 2.44 bits per heavy atom. The molecule has 3 aromatic rings. The van der Waals surface area contributed by atoms with Gasteiger partial charge in [-0.25, -0.2) is 4.98 Å². The molecule has 0 aliphatic rings. The largest absolute Gasteiger partial charge is 0.435 e. The Kier molecular flexibility index (Phi) is 5.66. The number of nitrogens with zero attached hydrogens (tertiary/aromatic N) is 1. The van der Waals surface area contributed by atoms with Gasteiger partial charge in [0.2, 0.25) is 0 Å². The Morgan fingerprint density at radius 1 is 1.07 bits per heavy atom. The molecule has 0 spiro atoms. The van der Waals surface area contributed by atoms with Crippen LogP contribution in [0.15, 0.2) is 47.8 Å². The first kappa shape index (κ1) is 18.8. The van der Waals surface area contributed by atoms with Crippen molar-refractivity contribution in [2.24, 2.45) is 0 Å². The third kappa shape index (κ3) is 5.01. The Labute approximate surface area is 159 Å². The van der Waals surface area contributed by atoms with Gasteiger partial charge in [0, 0.05) is 16.8 Å². The summed E-state index contributed by atoms with van der Waals surface area (Å²) in [6, 6.07) is 11.7. The Morgan fingerprint density at radius 2 is 1.78 bits per heavy atom. The number of amides is 1. The highest BCUT2D eigenvalue weighted by Crippen LogP contribution is 2.24. The van der Waals surface area contributed by atoms with E-state index in [0.29, 0.717) is 22.2 Å². The molecule has 0 radical (unpaired) electrons. The molecule has 140 valence electrons. The first-order valence-corrected chi connectivity index (χ1v) is 8.95. The minimum atomic E-state index is -2.86. The summed E-state index contributed by atoms with van der Waals surface area (Å²) >= 11 is 1.27. The maximum Gasteiger partial charge on any atom is 0.387 e. The normalized spacial score (nSPS) is 10.7. The van der Waals surface area contributed by atoms with Crippen molar-refractivity contribution < 1.29 is 18.3 Å². The molecule has 0 aliphatic heterocycles. The van der Waals surface area contributed by atoms with Crippen LogP contribution in [0.3, 0.4) is 0 Å². The number of halogens is 2. The smallest absolute Gasteiger partial charge is 0.387 e. The number of anilines is 3. The number of carbonyl (C=O) groups excluding carboxylic acids is 1. The van der Waals surface area contributed by atoms with Gasteiger partial charge in [-0.1, -0.05) is 6.07 Å². The summed E-state index contributed by atoms with van der Waals surface area (Å²) in [5.74, 6) is -0.230. The van der Waals surface area contributed by atoms with Crippen LogP contribution in [0, 0.1) is 13.8 Å². The summed E-state index contributed by atoms with van der Waals surface area (Å²) in [5.41, 5.74) is 3.89. The molecule has 8 heteroatoms. The van der Waals surface area contributed by atoms with E-state index < -0.39 is 6.61 Å². The zero-order valence-electron chi connectivity index (χ0n) is 14.6. The zero-order valence-corrected chi connectivity index (χ0v) is 15.4. The number of hydrogen-bond acceptors (Lipinski definition) is 5. The Hall–Kier alpha value is -3.00. The lowest BCUT2D eigenvalue weighted by Gasteiger charge is -2.07. The highest BCUT2D eigenvalue weighted by Gasteiger charge is 2.12. The van der Waals surface area contributed by atoms with E-state index in [-0.39, 0.29) is 11.7 Å². The summed E-state index contributed by atoms with van der Waals surface area (Å²) in [5, 5.41) is 8.01. The van der Waals surface area contributed by atoms with Crippen LogP contribution in [0.5, 0.6) is 5.75 Å². The number of alkyl halides is 2. The van der Waals surface area contributed by atoms with E-state index in [0.717, 1.165) is 11.1 Å². The average molecular weight is 389 g/mol. The van der Waals surface area contributed by atoms with Gasteiger partial charge < -0.3 is 15.4 Å². The number of benzene rings is 2. The number of ether oxygens (including phenoxy) is 1.